The summed E-state index contributed by atoms with van der Waals surface area (Å²) >= 11 is 0. The van der Waals surface area contributed by atoms with Crippen LogP contribution in [0.2, 0.25) is 0 Å². The summed E-state index contributed by atoms with van der Waals surface area (Å²) in [4.78, 5) is 24.4. The van der Waals surface area contributed by atoms with Crippen molar-refractivity contribution in [2.45, 2.75) is 360 Å². The van der Waals surface area contributed by atoms with Gasteiger partial charge in [-0.1, -0.05) is 327 Å². The fourth-order valence-electron chi connectivity index (χ4n) is 9.75. The number of allylic oxidation sites excluding steroid dienone is 4. The lowest BCUT2D eigenvalue weighted by Gasteiger charge is -2.15. The highest BCUT2D eigenvalue weighted by molar-refractivity contribution is 5.70. The zero-order valence-electron chi connectivity index (χ0n) is 46.9. The van der Waals surface area contributed by atoms with E-state index in [0.29, 0.717) is 12.8 Å². The van der Waals surface area contributed by atoms with Gasteiger partial charge >= 0.3 is 11.9 Å². The van der Waals surface area contributed by atoms with Crippen molar-refractivity contribution in [3.05, 3.63) is 24.3 Å². The quantitative estimate of drug-likeness (QED) is 0.0373. The van der Waals surface area contributed by atoms with Gasteiger partial charge in [0.25, 0.3) is 0 Å². The summed E-state index contributed by atoms with van der Waals surface area (Å²) in [5, 5.41) is 9.62. The number of hydrogen-bond donors (Lipinski definition) is 1. The Hall–Kier alpha value is -1.62. The summed E-state index contributed by atoms with van der Waals surface area (Å²) in [6.45, 7) is 4.13. The lowest BCUT2D eigenvalue weighted by atomic mass is 10.0. The molecule has 0 aromatic heterocycles. The first kappa shape index (κ1) is 67.4. The Balaban J connectivity index is 3.32. The van der Waals surface area contributed by atoms with Gasteiger partial charge in [0, 0.05) is 12.8 Å². The molecule has 0 aromatic carbocycles. The molecule has 408 valence electrons. The predicted octanol–water partition coefficient (Wildman–Crippen LogP) is 21.3. The van der Waals surface area contributed by atoms with Gasteiger partial charge in [0.15, 0.2) is 6.10 Å². The molecule has 5 nitrogen and oxygen atoms in total. The SMILES string of the molecule is CCCC/C=C\C/C=C\CCCCCCCC(=O)OC(CO)COC(=O)CCCCCCCCCCCCCCCCCCCCCCCCCCCCCCCCCCCCCCCCCCC. The zero-order valence-corrected chi connectivity index (χ0v) is 46.9. The predicted molar refractivity (Wildman–Crippen MR) is 302 cm³/mol. The van der Waals surface area contributed by atoms with Crippen LogP contribution < -0.4 is 0 Å². The van der Waals surface area contributed by atoms with Crippen LogP contribution in [0.15, 0.2) is 24.3 Å². The van der Waals surface area contributed by atoms with Crippen LogP contribution in [0, 0.1) is 0 Å². The lowest BCUT2D eigenvalue weighted by molar-refractivity contribution is -0.161. The van der Waals surface area contributed by atoms with Crippen LogP contribution >= 0.6 is 0 Å². The van der Waals surface area contributed by atoms with Crippen molar-refractivity contribution < 1.29 is 24.2 Å². The summed E-state index contributed by atoms with van der Waals surface area (Å²) in [6.07, 6.45) is 77.9. The highest BCUT2D eigenvalue weighted by atomic mass is 16.6. The highest BCUT2D eigenvalue weighted by Gasteiger charge is 2.16. The van der Waals surface area contributed by atoms with Crippen LogP contribution in [-0.2, 0) is 19.1 Å². The minimum absolute atomic E-state index is 0.0666. The van der Waals surface area contributed by atoms with E-state index in [4.69, 9.17) is 9.47 Å². The second-order valence-corrected chi connectivity index (χ2v) is 21.5. The first-order chi connectivity index (χ1) is 34.1. The van der Waals surface area contributed by atoms with Crippen molar-refractivity contribution in [1.82, 2.24) is 0 Å². The molecule has 0 aliphatic heterocycles. The van der Waals surface area contributed by atoms with E-state index in [9.17, 15) is 14.7 Å². The Morgan fingerprint density at radius 3 is 0.899 bits per heavy atom. The molecule has 0 aliphatic rings. The van der Waals surface area contributed by atoms with Crippen molar-refractivity contribution in [1.29, 1.82) is 0 Å². The Labute approximate surface area is 432 Å². The standard InChI is InChI=1S/C64H122O5/c1-3-5-7-9-11-13-15-17-19-20-21-22-23-24-25-26-27-28-29-30-31-32-33-34-35-36-37-38-39-40-41-42-43-44-45-47-48-50-52-54-56-58-63(66)68-61-62(60-65)69-64(67)59-57-55-53-51-49-46-18-16-14-12-10-8-6-4-2/h10,12,16,18,62,65H,3-9,11,13-15,17,19-61H2,1-2H3/b12-10-,18-16-. The van der Waals surface area contributed by atoms with Gasteiger partial charge in [-0.05, 0) is 38.5 Å². The van der Waals surface area contributed by atoms with Gasteiger partial charge in [0.1, 0.15) is 6.61 Å². The fourth-order valence-corrected chi connectivity index (χ4v) is 9.75. The van der Waals surface area contributed by atoms with Gasteiger partial charge in [-0.15, -0.1) is 0 Å². The molecule has 0 radical (unpaired) electrons. The minimum atomic E-state index is -0.776. The van der Waals surface area contributed by atoms with E-state index in [1.165, 1.54) is 276 Å². The van der Waals surface area contributed by atoms with Crippen LogP contribution in [-0.4, -0.2) is 36.4 Å². The average molecular weight is 972 g/mol. The summed E-state index contributed by atoms with van der Waals surface area (Å²) in [5.74, 6) is -0.591. The lowest BCUT2D eigenvalue weighted by Crippen LogP contribution is -2.28. The summed E-state index contributed by atoms with van der Waals surface area (Å²) in [5.41, 5.74) is 0. The number of aliphatic hydroxyl groups excluding tert-OH is 1. The van der Waals surface area contributed by atoms with E-state index in [1.54, 1.807) is 0 Å². The van der Waals surface area contributed by atoms with Crippen LogP contribution in [0.3, 0.4) is 0 Å². The van der Waals surface area contributed by atoms with E-state index in [2.05, 4.69) is 38.2 Å². The molecule has 0 fully saturated rings. The van der Waals surface area contributed by atoms with Gasteiger partial charge < -0.3 is 14.6 Å². The van der Waals surface area contributed by atoms with E-state index >= 15 is 0 Å². The smallest absolute Gasteiger partial charge is 0.306 e. The monoisotopic (exact) mass is 971 g/mol. The van der Waals surface area contributed by atoms with Crippen LogP contribution in [0.4, 0.5) is 0 Å². The van der Waals surface area contributed by atoms with Crippen LogP contribution in [0.25, 0.3) is 0 Å². The van der Waals surface area contributed by atoms with Gasteiger partial charge in [-0.3, -0.25) is 9.59 Å². The first-order valence-corrected chi connectivity index (χ1v) is 31.4. The average Bonchev–Trinajstić information content (AvgIpc) is 3.35. The zero-order chi connectivity index (χ0) is 49.9. The van der Waals surface area contributed by atoms with E-state index in [1.807, 2.05) is 0 Å². The van der Waals surface area contributed by atoms with E-state index < -0.39 is 6.10 Å². The molecule has 5 heteroatoms. The second-order valence-electron chi connectivity index (χ2n) is 21.5. The fraction of sp³-hybridized carbons (Fsp3) is 0.906. The molecule has 1 atom stereocenters. The topological polar surface area (TPSA) is 72.8 Å². The molecular formula is C64H122O5. The molecule has 0 rings (SSSR count). The number of hydrogen-bond acceptors (Lipinski definition) is 5. The van der Waals surface area contributed by atoms with Crippen molar-refractivity contribution in [3.8, 4) is 0 Å². The molecule has 1 unspecified atom stereocenters. The first-order valence-electron chi connectivity index (χ1n) is 31.4. The molecule has 1 N–H and O–H groups in total. The van der Waals surface area contributed by atoms with Crippen molar-refractivity contribution in [2.24, 2.45) is 0 Å². The number of rotatable bonds is 59. The Morgan fingerprint density at radius 2 is 0.594 bits per heavy atom. The largest absolute Gasteiger partial charge is 0.462 e. The third-order valence-corrected chi connectivity index (χ3v) is 14.5. The Morgan fingerprint density at radius 1 is 0.333 bits per heavy atom. The molecule has 0 amide bonds. The van der Waals surface area contributed by atoms with Gasteiger partial charge in [0.05, 0.1) is 6.61 Å². The maximum atomic E-state index is 12.2. The molecule has 0 saturated heterocycles. The normalized spacial score (nSPS) is 12.2. The van der Waals surface area contributed by atoms with Gasteiger partial charge in [-0.2, -0.15) is 0 Å². The molecule has 0 spiro atoms. The number of aliphatic hydroxyl groups is 1. The maximum absolute atomic E-state index is 12.2. The summed E-state index contributed by atoms with van der Waals surface area (Å²) in [7, 11) is 0. The van der Waals surface area contributed by atoms with Gasteiger partial charge in [-0.25, -0.2) is 0 Å². The second kappa shape index (κ2) is 60.7. The maximum Gasteiger partial charge on any atom is 0.306 e. The van der Waals surface area contributed by atoms with Crippen LogP contribution in [0.1, 0.15) is 354 Å². The number of carbonyl (C=O) groups is 2. The number of esters is 2. The molecule has 0 saturated carbocycles. The minimum Gasteiger partial charge on any atom is -0.462 e. The summed E-state index contributed by atoms with van der Waals surface area (Å²) < 4.78 is 10.7. The van der Waals surface area contributed by atoms with Crippen molar-refractivity contribution in [3.63, 3.8) is 0 Å². The van der Waals surface area contributed by atoms with Gasteiger partial charge in [0.2, 0.25) is 0 Å². The number of carbonyl (C=O) groups excluding carboxylic acids is 2. The molecule has 69 heavy (non-hydrogen) atoms. The molecule has 0 aromatic rings. The van der Waals surface area contributed by atoms with Crippen LogP contribution in [0.5, 0.6) is 0 Å². The number of ether oxygens (including phenoxy) is 2. The molecule has 0 heterocycles. The molecular weight excluding hydrogens is 849 g/mol. The van der Waals surface area contributed by atoms with E-state index in [-0.39, 0.29) is 25.2 Å². The number of unbranched alkanes of at least 4 members (excludes halogenated alkanes) is 47. The Bertz CT molecular complexity index is 1050. The third-order valence-electron chi connectivity index (χ3n) is 14.5. The summed E-state index contributed by atoms with van der Waals surface area (Å²) in [6, 6.07) is 0. The Kier molecular flexibility index (Phi) is 59.3. The third kappa shape index (κ3) is 58.8. The highest BCUT2D eigenvalue weighted by Crippen LogP contribution is 2.19. The molecule has 0 bridgehead atoms. The van der Waals surface area contributed by atoms with Crippen molar-refractivity contribution in [2.75, 3.05) is 13.2 Å². The molecule has 0 aliphatic carbocycles. The van der Waals surface area contributed by atoms with E-state index in [0.717, 1.165) is 51.4 Å². The van der Waals surface area contributed by atoms with Crippen molar-refractivity contribution >= 4 is 11.9 Å².